The van der Waals surface area contributed by atoms with E-state index in [1.165, 1.54) is 38.4 Å². The molecule has 0 fully saturated rings. The molecule has 170 valence electrons. The first-order chi connectivity index (χ1) is 15.6. The fourth-order valence-electron chi connectivity index (χ4n) is 3.61. The molecule has 0 saturated carbocycles. The van der Waals surface area contributed by atoms with Crippen molar-refractivity contribution in [3.05, 3.63) is 63.9 Å². The minimum absolute atomic E-state index is 0.000583. The number of nitrogens with zero attached hydrogens (tertiary/aromatic N) is 5. The normalized spacial score (nSPS) is 15.3. The number of carboxylic acid groups (broad SMARTS) is 1. The van der Waals surface area contributed by atoms with Crippen molar-refractivity contribution in [1.82, 2.24) is 15.4 Å². The van der Waals surface area contributed by atoms with Crippen LogP contribution in [0.1, 0.15) is 18.1 Å². The maximum Gasteiger partial charge on any atom is 0.432 e. The van der Waals surface area contributed by atoms with Gasteiger partial charge in [0.15, 0.2) is 11.9 Å². The molecule has 2 aromatic rings. The Morgan fingerprint density at radius 1 is 1.30 bits per heavy atom. The van der Waals surface area contributed by atoms with Crippen molar-refractivity contribution < 1.29 is 19.5 Å². The number of carbonyl (C=O) groups is 3. The van der Waals surface area contributed by atoms with Crippen LogP contribution in [-0.4, -0.2) is 46.2 Å². The van der Waals surface area contributed by atoms with E-state index in [4.69, 9.17) is 17.3 Å². The lowest BCUT2D eigenvalue weighted by atomic mass is 10.1. The topological polar surface area (TPSA) is 156 Å². The minimum Gasteiger partial charge on any atom is -0.463 e. The SMILES string of the molecule is CNC(=O)C1=C(C)C(C(N)=O)N(c2ncccc2Cl)N1N(C(=O)O)c1cc(C)cc(C#N)c1. The average molecular weight is 470 g/mol. The zero-order valence-corrected chi connectivity index (χ0v) is 18.7. The van der Waals surface area contributed by atoms with Gasteiger partial charge in [0.2, 0.25) is 5.91 Å². The summed E-state index contributed by atoms with van der Waals surface area (Å²) in [6.45, 7) is 3.18. The summed E-state index contributed by atoms with van der Waals surface area (Å²) in [7, 11) is 1.36. The molecule has 2 heterocycles. The third-order valence-corrected chi connectivity index (χ3v) is 5.20. The second-order valence-corrected chi connectivity index (χ2v) is 7.53. The number of anilines is 2. The van der Waals surface area contributed by atoms with Crippen molar-refractivity contribution in [3.8, 4) is 6.07 Å². The molecule has 33 heavy (non-hydrogen) atoms. The highest BCUT2D eigenvalue weighted by molar-refractivity contribution is 6.33. The number of aryl methyl sites for hydroxylation is 1. The van der Waals surface area contributed by atoms with E-state index in [1.54, 1.807) is 19.1 Å². The number of rotatable bonds is 5. The lowest BCUT2D eigenvalue weighted by Gasteiger charge is -2.40. The number of nitriles is 1. The molecule has 0 radical (unpaired) electrons. The highest BCUT2D eigenvalue weighted by Gasteiger charge is 2.48. The molecule has 3 rings (SSSR count). The number of hydrogen-bond donors (Lipinski definition) is 3. The quantitative estimate of drug-likeness (QED) is 0.599. The van der Waals surface area contributed by atoms with Crippen LogP contribution in [0.3, 0.4) is 0 Å². The molecule has 1 unspecified atom stereocenters. The summed E-state index contributed by atoms with van der Waals surface area (Å²) in [4.78, 5) is 42.1. The van der Waals surface area contributed by atoms with Crippen LogP contribution in [0.5, 0.6) is 0 Å². The molecule has 1 atom stereocenters. The van der Waals surface area contributed by atoms with Gasteiger partial charge >= 0.3 is 6.09 Å². The molecule has 0 spiro atoms. The highest BCUT2D eigenvalue weighted by atomic mass is 35.5. The van der Waals surface area contributed by atoms with Crippen molar-refractivity contribution >= 4 is 41.0 Å². The molecular weight excluding hydrogens is 450 g/mol. The Kier molecular flexibility index (Phi) is 6.41. The van der Waals surface area contributed by atoms with E-state index in [0.29, 0.717) is 5.56 Å². The summed E-state index contributed by atoms with van der Waals surface area (Å²) in [5.74, 6) is -1.53. The van der Waals surface area contributed by atoms with Crippen LogP contribution in [0.2, 0.25) is 5.02 Å². The van der Waals surface area contributed by atoms with E-state index in [1.807, 2.05) is 6.07 Å². The van der Waals surface area contributed by atoms with E-state index in [2.05, 4.69) is 10.3 Å². The maximum atomic E-state index is 12.9. The van der Waals surface area contributed by atoms with Crippen LogP contribution < -0.4 is 21.1 Å². The van der Waals surface area contributed by atoms with E-state index in [0.717, 1.165) is 15.1 Å². The Morgan fingerprint density at radius 3 is 2.55 bits per heavy atom. The van der Waals surface area contributed by atoms with Gasteiger partial charge in [-0.2, -0.15) is 15.4 Å². The monoisotopic (exact) mass is 469 g/mol. The van der Waals surface area contributed by atoms with Crippen LogP contribution in [0.25, 0.3) is 0 Å². The molecule has 1 aromatic carbocycles. The number of halogens is 1. The first-order valence-electron chi connectivity index (χ1n) is 9.59. The number of benzene rings is 1. The molecule has 0 bridgehead atoms. The zero-order valence-electron chi connectivity index (χ0n) is 17.9. The fourth-order valence-corrected chi connectivity index (χ4v) is 3.82. The number of hydrogen-bond acceptors (Lipinski definition) is 7. The number of hydrazine groups is 2. The first kappa shape index (κ1) is 23.4. The number of primary amides is 1. The van der Waals surface area contributed by atoms with Gasteiger partial charge in [0, 0.05) is 13.2 Å². The van der Waals surface area contributed by atoms with Gasteiger partial charge in [-0.1, -0.05) is 11.6 Å². The average Bonchev–Trinajstić information content (AvgIpc) is 3.05. The molecule has 1 aromatic heterocycles. The van der Waals surface area contributed by atoms with Crippen LogP contribution in [0.15, 0.2) is 47.8 Å². The molecule has 1 aliphatic rings. The largest absolute Gasteiger partial charge is 0.463 e. The van der Waals surface area contributed by atoms with E-state index >= 15 is 0 Å². The molecule has 12 heteroatoms. The Morgan fingerprint density at radius 2 is 2.00 bits per heavy atom. The third kappa shape index (κ3) is 4.11. The van der Waals surface area contributed by atoms with Gasteiger partial charge in [-0.3, -0.25) is 9.59 Å². The Hall–Kier alpha value is -4.30. The van der Waals surface area contributed by atoms with Crippen molar-refractivity contribution in [2.75, 3.05) is 17.1 Å². The molecule has 1 aliphatic heterocycles. The number of carbonyl (C=O) groups excluding carboxylic acids is 2. The summed E-state index contributed by atoms with van der Waals surface area (Å²) >= 11 is 6.34. The Balaban J connectivity index is 2.37. The lowest BCUT2D eigenvalue weighted by Crippen LogP contribution is -2.58. The number of pyridine rings is 1. The molecule has 0 saturated heterocycles. The van der Waals surface area contributed by atoms with Crippen molar-refractivity contribution in [3.63, 3.8) is 0 Å². The van der Waals surface area contributed by atoms with E-state index in [9.17, 15) is 24.8 Å². The summed E-state index contributed by atoms with van der Waals surface area (Å²) in [5.41, 5.74) is 6.54. The number of nitrogens with two attached hydrogens (primary N) is 1. The standard InChI is InChI=1S/C21H20ClN7O4/c1-11-7-13(10-23)9-14(8-11)27(21(32)33)29-17(20(31)25-3)12(2)16(18(24)30)28(29)19-15(22)5-4-6-26-19/h4-9,16H,1-3H3,(H2,24,30)(H,25,31)(H,32,33). The van der Waals surface area contributed by atoms with Gasteiger partial charge in [0.05, 0.1) is 22.3 Å². The zero-order chi connectivity index (χ0) is 24.4. The second kappa shape index (κ2) is 9.05. The summed E-state index contributed by atoms with van der Waals surface area (Å²) < 4.78 is 0. The number of aromatic nitrogens is 1. The Labute approximate surface area is 194 Å². The number of likely N-dealkylation sites (N-methyl/N-ethyl adjacent to an activating group) is 1. The smallest absolute Gasteiger partial charge is 0.432 e. The molecule has 4 N–H and O–H groups in total. The van der Waals surface area contributed by atoms with Gasteiger partial charge in [0.25, 0.3) is 5.91 Å². The highest BCUT2D eigenvalue weighted by Crippen LogP contribution is 2.39. The predicted molar refractivity (Wildman–Crippen MR) is 120 cm³/mol. The summed E-state index contributed by atoms with van der Waals surface area (Å²) in [5, 5.41) is 25.0. The van der Waals surface area contributed by atoms with Gasteiger partial charge in [-0.15, -0.1) is 0 Å². The summed E-state index contributed by atoms with van der Waals surface area (Å²) in [6.07, 6.45) is -0.100. The van der Waals surface area contributed by atoms with Gasteiger partial charge in [-0.05, 0) is 55.3 Å². The van der Waals surface area contributed by atoms with Crippen molar-refractivity contribution in [1.29, 1.82) is 5.26 Å². The van der Waals surface area contributed by atoms with Crippen LogP contribution >= 0.6 is 11.6 Å². The number of amides is 3. The number of nitrogens with one attached hydrogen (secondary N) is 1. The molecule has 11 nitrogen and oxygen atoms in total. The van der Waals surface area contributed by atoms with Crippen molar-refractivity contribution in [2.24, 2.45) is 5.73 Å². The van der Waals surface area contributed by atoms with Crippen LogP contribution in [0.4, 0.5) is 16.3 Å². The van der Waals surface area contributed by atoms with Crippen LogP contribution in [0, 0.1) is 18.3 Å². The first-order valence-corrected chi connectivity index (χ1v) is 9.96. The second-order valence-electron chi connectivity index (χ2n) is 7.12. The Bertz CT molecular complexity index is 1220. The molecule has 3 amide bonds. The van der Waals surface area contributed by atoms with E-state index in [-0.39, 0.29) is 33.4 Å². The lowest BCUT2D eigenvalue weighted by molar-refractivity contribution is -0.120. The van der Waals surface area contributed by atoms with Crippen LogP contribution in [-0.2, 0) is 9.59 Å². The minimum atomic E-state index is -1.50. The molecule has 0 aliphatic carbocycles. The van der Waals surface area contributed by atoms with Gasteiger partial charge < -0.3 is 16.2 Å². The van der Waals surface area contributed by atoms with Gasteiger partial charge in [0.1, 0.15) is 5.70 Å². The third-order valence-electron chi connectivity index (χ3n) is 4.91. The maximum absolute atomic E-state index is 12.9. The predicted octanol–water partition coefficient (Wildman–Crippen LogP) is 1.93. The fraction of sp³-hybridized carbons (Fsp3) is 0.190. The summed E-state index contributed by atoms with van der Waals surface area (Å²) in [6, 6.07) is 8.19. The van der Waals surface area contributed by atoms with Crippen molar-refractivity contribution in [2.45, 2.75) is 19.9 Å². The van der Waals surface area contributed by atoms with Gasteiger partial charge in [-0.25, -0.2) is 14.8 Å². The molecular formula is C21H20ClN7O4. The van der Waals surface area contributed by atoms with E-state index < -0.39 is 23.9 Å².